The summed E-state index contributed by atoms with van der Waals surface area (Å²) in [6, 6.07) is 0. The lowest BCUT2D eigenvalue weighted by Gasteiger charge is -2.01. The second-order valence-corrected chi connectivity index (χ2v) is 1.96. The molecule has 0 spiro atoms. The molecular weight excluding hydrogens is 93.1 g/mol. The van der Waals surface area contributed by atoms with Gasteiger partial charge >= 0.3 is 0 Å². The van der Waals surface area contributed by atoms with E-state index < -0.39 is 6.17 Å². The predicted octanol–water partition coefficient (Wildman–Crippen LogP) is 0.822. The van der Waals surface area contributed by atoms with Gasteiger partial charge in [0.1, 0.15) is 6.17 Å². The van der Waals surface area contributed by atoms with Gasteiger partial charge in [-0.1, -0.05) is 0 Å². The van der Waals surface area contributed by atoms with Gasteiger partial charge < -0.3 is 0 Å². The van der Waals surface area contributed by atoms with Crippen molar-refractivity contribution in [3.05, 3.63) is 7.05 Å². The fourth-order valence-electron chi connectivity index (χ4n) is 0.785. The van der Waals surface area contributed by atoms with Crippen LogP contribution in [0.5, 0.6) is 0 Å². The van der Waals surface area contributed by atoms with Gasteiger partial charge in [0, 0.05) is 20.1 Å². The molecule has 0 bridgehead atoms. The minimum atomic E-state index is -0.613. The molecule has 1 fully saturated rings. The molecule has 0 aromatic heterocycles. The molecule has 1 aliphatic heterocycles. The van der Waals surface area contributed by atoms with Gasteiger partial charge in [0.2, 0.25) is 0 Å². The molecule has 0 saturated carbocycles. The lowest BCUT2D eigenvalue weighted by atomic mass is 10.4. The number of halogens is 1. The standard InChI is InChI=1S/C5H9FN/c1-7-3-2-5(6)4-7/h5H,1-4H2. The molecule has 0 N–H and O–H groups in total. The van der Waals surface area contributed by atoms with Crippen LogP contribution in [0, 0.1) is 7.05 Å². The lowest BCUT2D eigenvalue weighted by Crippen LogP contribution is -2.11. The van der Waals surface area contributed by atoms with E-state index in [1.807, 2.05) is 0 Å². The molecule has 0 amide bonds. The molecule has 1 heterocycles. The summed E-state index contributed by atoms with van der Waals surface area (Å²) in [7, 11) is 3.58. The SMILES string of the molecule is [CH2]N1CCC(F)C1. The zero-order chi connectivity index (χ0) is 5.28. The number of hydrogen-bond acceptors (Lipinski definition) is 1. The molecule has 0 aromatic rings. The van der Waals surface area contributed by atoms with Crippen LogP contribution in [0.4, 0.5) is 4.39 Å². The number of likely N-dealkylation sites (tertiary alicyclic amines) is 1. The highest BCUT2D eigenvalue weighted by atomic mass is 19.1. The van der Waals surface area contributed by atoms with Crippen molar-refractivity contribution in [3.63, 3.8) is 0 Å². The Balaban J connectivity index is 2.26. The molecule has 2 heteroatoms. The maximum atomic E-state index is 12.1. The van der Waals surface area contributed by atoms with E-state index in [1.165, 1.54) is 0 Å². The average molecular weight is 102 g/mol. The average Bonchev–Trinajstić information content (AvgIpc) is 1.87. The molecular formula is C5H9FN. The normalized spacial score (nSPS) is 34.3. The van der Waals surface area contributed by atoms with Crippen LogP contribution in [0.2, 0.25) is 0 Å². The highest BCUT2D eigenvalue weighted by Gasteiger charge is 2.17. The minimum absolute atomic E-state index is 0.528. The Labute approximate surface area is 43.1 Å². The predicted molar refractivity (Wildman–Crippen MR) is 26.4 cm³/mol. The van der Waals surface area contributed by atoms with E-state index in [-0.39, 0.29) is 0 Å². The fraction of sp³-hybridized carbons (Fsp3) is 0.800. The fourth-order valence-corrected chi connectivity index (χ4v) is 0.785. The third-order valence-electron chi connectivity index (χ3n) is 1.21. The van der Waals surface area contributed by atoms with E-state index in [0.29, 0.717) is 13.0 Å². The molecule has 41 valence electrons. The highest BCUT2D eigenvalue weighted by Crippen LogP contribution is 2.09. The lowest BCUT2D eigenvalue weighted by molar-refractivity contribution is 0.332. The van der Waals surface area contributed by atoms with Crippen LogP contribution in [0.15, 0.2) is 0 Å². The van der Waals surface area contributed by atoms with Crippen molar-refractivity contribution in [2.45, 2.75) is 12.6 Å². The van der Waals surface area contributed by atoms with Gasteiger partial charge in [-0.15, -0.1) is 0 Å². The van der Waals surface area contributed by atoms with Crippen LogP contribution in [0.3, 0.4) is 0 Å². The second-order valence-electron chi connectivity index (χ2n) is 1.96. The van der Waals surface area contributed by atoms with Gasteiger partial charge in [-0.3, -0.25) is 4.90 Å². The Bertz CT molecular complexity index is 57.1. The van der Waals surface area contributed by atoms with E-state index >= 15 is 0 Å². The molecule has 0 aromatic carbocycles. The van der Waals surface area contributed by atoms with Crippen molar-refractivity contribution < 1.29 is 4.39 Å². The van der Waals surface area contributed by atoms with Crippen LogP contribution in [0.1, 0.15) is 6.42 Å². The molecule has 1 atom stereocenters. The van der Waals surface area contributed by atoms with Gasteiger partial charge in [0.15, 0.2) is 0 Å². The molecule has 1 aliphatic rings. The first kappa shape index (κ1) is 5.04. The molecule has 1 rings (SSSR count). The number of nitrogens with zero attached hydrogens (tertiary/aromatic N) is 1. The van der Waals surface area contributed by atoms with Gasteiger partial charge in [-0.25, -0.2) is 4.39 Å². The molecule has 1 unspecified atom stereocenters. The van der Waals surface area contributed by atoms with E-state index in [4.69, 9.17) is 0 Å². The Morgan fingerprint density at radius 3 is 2.57 bits per heavy atom. The van der Waals surface area contributed by atoms with Gasteiger partial charge in [0.05, 0.1) is 0 Å². The summed E-state index contributed by atoms with van der Waals surface area (Å²) in [6.07, 6.45) is 0.0567. The molecule has 1 nitrogen and oxygen atoms in total. The number of hydrogen-bond donors (Lipinski definition) is 0. The Kier molecular flexibility index (Phi) is 1.28. The summed E-state index contributed by atoms with van der Waals surface area (Å²) in [5, 5.41) is 0. The van der Waals surface area contributed by atoms with E-state index in [0.717, 1.165) is 6.54 Å². The van der Waals surface area contributed by atoms with Crippen molar-refractivity contribution in [2.24, 2.45) is 0 Å². The van der Waals surface area contributed by atoms with Crippen LogP contribution >= 0.6 is 0 Å². The highest BCUT2D eigenvalue weighted by molar-refractivity contribution is 4.73. The first-order chi connectivity index (χ1) is 3.29. The third kappa shape index (κ3) is 1.13. The van der Waals surface area contributed by atoms with E-state index in [9.17, 15) is 4.39 Å². The quantitative estimate of drug-likeness (QED) is 0.437. The maximum Gasteiger partial charge on any atom is 0.114 e. The molecule has 0 aliphatic carbocycles. The first-order valence-electron chi connectivity index (χ1n) is 2.48. The molecule has 7 heavy (non-hydrogen) atoms. The van der Waals surface area contributed by atoms with Crippen LogP contribution in [0.25, 0.3) is 0 Å². The largest absolute Gasteiger partial charge is 0.299 e. The monoisotopic (exact) mass is 102 g/mol. The van der Waals surface area contributed by atoms with Crippen LogP contribution in [-0.2, 0) is 0 Å². The van der Waals surface area contributed by atoms with Crippen molar-refractivity contribution in [1.29, 1.82) is 0 Å². The summed E-state index contributed by atoms with van der Waals surface area (Å²) < 4.78 is 12.1. The molecule has 1 saturated heterocycles. The summed E-state index contributed by atoms with van der Waals surface area (Å²) >= 11 is 0. The third-order valence-corrected chi connectivity index (χ3v) is 1.21. The van der Waals surface area contributed by atoms with Gasteiger partial charge in [-0.2, -0.15) is 0 Å². The topological polar surface area (TPSA) is 3.24 Å². The summed E-state index contributed by atoms with van der Waals surface area (Å²) in [5.74, 6) is 0. The number of rotatable bonds is 0. The van der Waals surface area contributed by atoms with Crippen molar-refractivity contribution in [1.82, 2.24) is 4.90 Å². The Hall–Kier alpha value is -0.110. The minimum Gasteiger partial charge on any atom is -0.299 e. The van der Waals surface area contributed by atoms with E-state index in [1.54, 1.807) is 4.90 Å². The van der Waals surface area contributed by atoms with Crippen LogP contribution in [-0.4, -0.2) is 24.2 Å². The Morgan fingerprint density at radius 2 is 2.43 bits per heavy atom. The summed E-state index contributed by atoms with van der Waals surface area (Å²) in [4.78, 5) is 1.75. The van der Waals surface area contributed by atoms with E-state index in [2.05, 4.69) is 7.05 Å². The van der Waals surface area contributed by atoms with Crippen molar-refractivity contribution >= 4 is 0 Å². The number of alkyl halides is 1. The second kappa shape index (κ2) is 1.78. The maximum absolute atomic E-state index is 12.1. The van der Waals surface area contributed by atoms with Gasteiger partial charge in [-0.05, 0) is 6.42 Å². The Morgan fingerprint density at radius 1 is 1.71 bits per heavy atom. The first-order valence-corrected chi connectivity index (χ1v) is 2.48. The van der Waals surface area contributed by atoms with Crippen molar-refractivity contribution in [3.8, 4) is 0 Å². The molecule has 1 radical (unpaired) electrons. The summed E-state index contributed by atoms with van der Waals surface area (Å²) in [5.41, 5.74) is 0. The zero-order valence-corrected chi connectivity index (χ0v) is 4.23. The van der Waals surface area contributed by atoms with Crippen molar-refractivity contribution in [2.75, 3.05) is 13.1 Å². The smallest absolute Gasteiger partial charge is 0.114 e. The van der Waals surface area contributed by atoms with Crippen LogP contribution < -0.4 is 0 Å². The zero-order valence-electron chi connectivity index (χ0n) is 4.23. The van der Waals surface area contributed by atoms with Gasteiger partial charge in [0.25, 0.3) is 0 Å². The summed E-state index contributed by atoms with van der Waals surface area (Å²) in [6.45, 7) is 1.35.